The average molecular weight is 321 g/mol. The van der Waals surface area contributed by atoms with Crippen molar-refractivity contribution in [3.05, 3.63) is 46.0 Å². The summed E-state index contributed by atoms with van der Waals surface area (Å²) in [5, 5.41) is 11.9. The third-order valence-corrected chi connectivity index (χ3v) is 3.55. The maximum Gasteiger partial charge on any atom is 0.141 e. The molecule has 0 saturated heterocycles. The zero-order valence-electron chi connectivity index (χ0n) is 8.31. The first-order valence-electron chi connectivity index (χ1n) is 4.93. The number of pyridine rings is 1. The summed E-state index contributed by atoms with van der Waals surface area (Å²) in [7, 11) is 0. The van der Waals surface area contributed by atoms with E-state index in [1.807, 2.05) is 30.3 Å². The number of hydrogen-bond acceptors (Lipinski definition) is 2. The largest absolute Gasteiger partial charge is 0.506 e. The van der Waals surface area contributed by atoms with Gasteiger partial charge in [-0.05, 0) is 46.9 Å². The lowest BCUT2D eigenvalue weighted by Crippen LogP contribution is -1.85. The molecule has 2 aromatic carbocycles. The first kappa shape index (κ1) is 9.84. The Morgan fingerprint density at radius 3 is 2.75 bits per heavy atom. The first-order chi connectivity index (χ1) is 7.75. The summed E-state index contributed by atoms with van der Waals surface area (Å²) in [6.07, 6.45) is 0. The van der Waals surface area contributed by atoms with Gasteiger partial charge in [-0.2, -0.15) is 0 Å². The van der Waals surface area contributed by atoms with Crippen LogP contribution in [0.25, 0.3) is 21.8 Å². The van der Waals surface area contributed by atoms with Gasteiger partial charge in [0.05, 0.1) is 5.52 Å². The van der Waals surface area contributed by atoms with Gasteiger partial charge in [0, 0.05) is 14.3 Å². The Kier molecular flexibility index (Phi) is 2.21. The van der Waals surface area contributed by atoms with Crippen LogP contribution in [-0.2, 0) is 0 Å². The van der Waals surface area contributed by atoms with Gasteiger partial charge in [-0.25, -0.2) is 4.98 Å². The molecule has 0 fully saturated rings. The first-order valence-corrected chi connectivity index (χ1v) is 6.00. The van der Waals surface area contributed by atoms with Gasteiger partial charge < -0.3 is 5.11 Å². The molecule has 1 aromatic heterocycles. The molecule has 2 nitrogen and oxygen atoms in total. The number of phenolic OH excluding ortho intramolecular Hbond substituents is 1. The molecule has 1 heterocycles. The van der Waals surface area contributed by atoms with Crippen LogP contribution in [0.15, 0.2) is 42.5 Å². The van der Waals surface area contributed by atoms with Crippen molar-refractivity contribution >= 4 is 44.4 Å². The standard InChI is InChI=1S/C13H8INO/c14-10-5-6-12(16)13-9(10)7-8-3-1-2-4-11(8)15-13/h1-7,16H. The van der Waals surface area contributed by atoms with Gasteiger partial charge in [0.25, 0.3) is 0 Å². The lowest BCUT2D eigenvalue weighted by molar-refractivity contribution is 0.480. The molecular formula is C13H8INO. The maximum atomic E-state index is 9.79. The highest BCUT2D eigenvalue weighted by Gasteiger charge is 2.06. The van der Waals surface area contributed by atoms with E-state index >= 15 is 0 Å². The van der Waals surface area contributed by atoms with Gasteiger partial charge in [-0.3, -0.25) is 0 Å². The maximum absolute atomic E-state index is 9.79. The van der Waals surface area contributed by atoms with E-state index in [4.69, 9.17) is 0 Å². The minimum Gasteiger partial charge on any atom is -0.506 e. The Labute approximate surface area is 106 Å². The van der Waals surface area contributed by atoms with Crippen molar-refractivity contribution in [2.24, 2.45) is 0 Å². The van der Waals surface area contributed by atoms with Crippen molar-refractivity contribution in [3.63, 3.8) is 0 Å². The molecule has 16 heavy (non-hydrogen) atoms. The van der Waals surface area contributed by atoms with Gasteiger partial charge in [0.1, 0.15) is 11.3 Å². The van der Waals surface area contributed by atoms with Gasteiger partial charge >= 0.3 is 0 Å². The van der Waals surface area contributed by atoms with E-state index in [2.05, 4.69) is 33.6 Å². The van der Waals surface area contributed by atoms with E-state index in [0.717, 1.165) is 19.9 Å². The molecule has 3 heteroatoms. The minimum absolute atomic E-state index is 0.237. The number of aromatic nitrogens is 1. The second-order valence-corrected chi connectivity index (χ2v) is 4.81. The zero-order valence-corrected chi connectivity index (χ0v) is 10.5. The summed E-state index contributed by atoms with van der Waals surface area (Å²) < 4.78 is 1.10. The predicted molar refractivity (Wildman–Crippen MR) is 73.6 cm³/mol. The van der Waals surface area contributed by atoms with E-state index in [-0.39, 0.29) is 5.75 Å². The van der Waals surface area contributed by atoms with E-state index in [9.17, 15) is 5.11 Å². The van der Waals surface area contributed by atoms with E-state index in [0.29, 0.717) is 5.52 Å². The summed E-state index contributed by atoms with van der Waals surface area (Å²) in [4.78, 5) is 4.48. The summed E-state index contributed by atoms with van der Waals surface area (Å²) >= 11 is 2.26. The molecule has 1 N–H and O–H groups in total. The Bertz CT molecular complexity index is 634. The van der Waals surface area contributed by atoms with E-state index < -0.39 is 0 Å². The fourth-order valence-corrected chi connectivity index (χ4v) is 2.41. The minimum atomic E-state index is 0.237. The molecule has 78 valence electrons. The molecule has 0 saturated carbocycles. The highest BCUT2D eigenvalue weighted by atomic mass is 127. The van der Waals surface area contributed by atoms with Crippen LogP contribution in [0.1, 0.15) is 0 Å². The van der Waals surface area contributed by atoms with E-state index in [1.165, 1.54) is 0 Å². The third kappa shape index (κ3) is 1.43. The SMILES string of the molecule is Oc1ccc(I)c2cc3ccccc3nc12. The summed E-state index contributed by atoms with van der Waals surface area (Å²) in [5.74, 6) is 0.237. The van der Waals surface area contributed by atoms with Gasteiger partial charge in [-0.15, -0.1) is 0 Å². The molecule has 0 atom stereocenters. The van der Waals surface area contributed by atoms with Crippen LogP contribution in [0.2, 0.25) is 0 Å². The lowest BCUT2D eigenvalue weighted by Gasteiger charge is -2.04. The van der Waals surface area contributed by atoms with Crippen molar-refractivity contribution in [1.29, 1.82) is 0 Å². The van der Waals surface area contributed by atoms with E-state index in [1.54, 1.807) is 6.07 Å². The van der Waals surface area contributed by atoms with Crippen LogP contribution in [0, 0.1) is 3.57 Å². The molecule has 0 aliphatic carbocycles. The number of fused-ring (bicyclic) bond motifs is 2. The normalized spacial score (nSPS) is 11.1. The molecule has 0 spiro atoms. The molecule has 0 radical (unpaired) electrons. The van der Waals surface area contributed by atoms with Crippen LogP contribution in [0.4, 0.5) is 0 Å². The van der Waals surface area contributed by atoms with Crippen LogP contribution < -0.4 is 0 Å². The Hall–Kier alpha value is -1.36. The van der Waals surface area contributed by atoms with Gasteiger partial charge in [0.15, 0.2) is 0 Å². The number of para-hydroxylation sites is 1. The summed E-state index contributed by atoms with van der Waals surface area (Å²) in [5.41, 5.74) is 1.58. The fraction of sp³-hybridized carbons (Fsp3) is 0. The molecule has 0 bridgehead atoms. The Morgan fingerprint density at radius 2 is 1.88 bits per heavy atom. The van der Waals surface area contributed by atoms with Crippen molar-refractivity contribution in [2.75, 3.05) is 0 Å². The fourth-order valence-electron chi connectivity index (χ4n) is 1.81. The molecule has 0 aliphatic rings. The number of benzene rings is 2. The monoisotopic (exact) mass is 321 g/mol. The highest BCUT2D eigenvalue weighted by molar-refractivity contribution is 14.1. The number of hydrogen-bond donors (Lipinski definition) is 1. The van der Waals surface area contributed by atoms with Crippen molar-refractivity contribution in [2.45, 2.75) is 0 Å². The quantitative estimate of drug-likeness (QED) is 0.506. The van der Waals surface area contributed by atoms with Gasteiger partial charge in [0.2, 0.25) is 0 Å². The number of nitrogens with zero attached hydrogens (tertiary/aromatic N) is 1. The van der Waals surface area contributed by atoms with Gasteiger partial charge in [-0.1, -0.05) is 18.2 Å². The zero-order chi connectivity index (χ0) is 11.1. The lowest BCUT2D eigenvalue weighted by atomic mass is 10.1. The Balaban J connectivity index is 2.56. The molecule has 3 aromatic rings. The topological polar surface area (TPSA) is 33.1 Å². The van der Waals surface area contributed by atoms with Crippen LogP contribution in [-0.4, -0.2) is 10.1 Å². The molecule has 0 aliphatic heterocycles. The highest BCUT2D eigenvalue weighted by Crippen LogP contribution is 2.29. The third-order valence-electron chi connectivity index (χ3n) is 2.61. The second kappa shape index (κ2) is 3.59. The predicted octanol–water partition coefficient (Wildman–Crippen LogP) is 3.70. The molecular weight excluding hydrogens is 313 g/mol. The van der Waals surface area contributed by atoms with Crippen molar-refractivity contribution < 1.29 is 5.11 Å². The molecule has 0 unspecified atom stereocenters. The second-order valence-electron chi connectivity index (χ2n) is 3.64. The van der Waals surface area contributed by atoms with Crippen LogP contribution in [0.5, 0.6) is 5.75 Å². The van der Waals surface area contributed by atoms with Crippen molar-refractivity contribution in [3.8, 4) is 5.75 Å². The van der Waals surface area contributed by atoms with Crippen molar-refractivity contribution in [1.82, 2.24) is 4.98 Å². The molecule has 3 rings (SSSR count). The number of rotatable bonds is 0. The van der Waals surface area contributed by atoms with Crippen LogP contribution in [0.3, 0.4) is 0 Å². The smallest absolute Gasteiger partial charge is 0.141 e. The summed E-state index contributed by atoms with van der Waals surface area (Å²) in [6.45, 7) is 0. The Morgan fingerprint density at radius 1 is 1.06 bits per heavy atom. The van der Waals surface area contributed by atoms with Crippen LogP contribution >= 0.6 is 22.6 Å². The number of aromatic hydroxyl groups is 1. The number of halogens is 1. The average Bonchev–Trinajstić information content (AvgIpc) is 2.32. The molecule has 0 amide bonds. The summed E-state index contributed by atoms with van der Waals surface area (Å²) in [6, 6.07) is 13.6. The number of phenols is 1.